The van der Waals surface area contributed by atoms with Gasteiger partial charge in [0.2, 0.25) is 0 Å². The standard InChI is InChI=1S/C11H10BrFN2O3S/c1-6-11(7(2)18-14-6)19(16,17)15-10-5-8(13)3-4-9(10)12/h3-5,15H,1-2H3. The summed E-state index contributed by atoms with van der Waals surface area (Å²) in [5.74, 6) is -0.364. The van der Waals surface area contributed by atoms with Crippen LogP contribution in [0, 0.1) is 19.7 Å². The second kappa shape index (κ2) is 4.93. The minimum Gasteiger partial charge on any atom is -0.360 e. The second-order valence-corrected chi connectivity index (χ2v) is 6.36. The molecule has 0 radical (unpaired) electrons. The predicted molar refractivity (Wildman–Crippen MR) is 70.9 cm³/mol. The number of benzene rings is 1. The molecule has 0 bridgehead atoms. The highest BCUT2D eigenvalue weighted by Crippen LogP contribution is 2.27. The van der Waals surface area contributed by atoms with E-state index in [0.29, 0.717) is 4.47 Å². The van der Waals surface area contributed by atoms with Gasteiger partial charge in [-0.15, -0.1) is 0 Å². The monoisotopic (exact) mass is 348 g/mol. The van der Waals surface area contributed by atoms with Crippen LogP contribution in [0.2, 0.25) is 0 Å². The van der Waals surface area contributed by atoms with Gasteiger partial charge >= 0.3 is 0 Å². The highest BCUT2D eigenvalue weighted by molar-refractivity contribution is 9.10. The van der Waals surface area contributed by atoms with Gasteiger partial charge in [-0.05, 0) is 48.0 Å². The summed E-state index contributed by atoms with van der Waals surface area (Å²) in [5, 5.41) is 3.58. The van der Waals surface area contributed by atoms with Crippen LogP contribution in [0.25, 0.3) is 0 Å². The zero-order valence-electron chi connectivity index (χ0n) is 10.1. The fourth-order valence-corrected chi connectivity index (χ4v) is 3.51. The highest BCUT2D eigenvalue weighted by atomic mass is 79.9. The average Bonchev–Trinajstić information content (AvgIpc) is 2.64. The number of aryl methyl sites for hydroxylation is 2. The summed E-state index contributed by atoms with van der Waals surface area (Å²) in [5.41, 5.74) is 0.359. The second-order valence-electron chi connectivity index (χ2n) is 3.88. The molecule has 1 N–H and O–H groups in total. The molecule has 0 aliphatic carbocycles. The third-order valence-corrected chi connectivity index (χ3v) is 4.71. The number of nitrogens with zero attached hydrogens (tertiary/aromatic N) is 1. The molecule has 0 amide bonds. The fourth-order valence-electron chi connectivity index (χ4n) is 1.63. The Morgan fingerprint density at radius 2 is 2.05 bits per heavy atom. The number of halogens is 2. The average molecular weight is 349 g/mol. The molecule has 0 saturated heterocycles. The van der Waals surface area contributed by atoms with Gasteiger partial charge in [-0.1, -0.05) is 5.16 Å². The van der Waals surface area contributed by atoms with Crippen LogP contribution in [0.4, 0.5) is 10.1 Å². The summed E-state index contributed by atoms with van der Waals surface area (Å²) in [6, 6.07) is 3.72. The molecule has 0 unspecified atom stereocenters. The maximum atomic E-state index is 13.1. The lowest BCUT2D eigenvalue weighted by Gasteiger charge is -2.09. The summed E-state index contributed by atoms with van der Waals surface area (Å²) in [6.07, 6.45) is 0. The van der Waals surface area contributed by atoms with Crippen molar-refractivity contribution in [3.63, 3.8) is 0 Å². The maximum absolute atomic E-state index is 13.1. The smallest absolute Gasteiger partial charge is 0.267 e. The summed E-state index contributed by atoms with van der Waals surface area (Å²) in [4.78, 5) is -0.0383. The van der Waals surface area contributed by atoms with Crippen LogP contribution in [-0.4, -0.2) is 13.6 Å². The van der Waals surface area contributed by atoms with Crippen LogP contribution < -0.4 is 4.72 Å². The summed E-state index contributed by atoms with van der Waals surface area (Å²) >= 11 is 3.15. The Morgan fingerprint density at radius 1 is 1.37 bits per heavy atom. The molecule has 0 aliphatic heterocycles. The predicted octanol–water partition coefficient (Wildman–Crippen LogP) is 2.99. The van der Waals surface area contributed by atoms with Crippen LogP contribution >= 0.6 is 15.9 Å². The van der Waals surface area contributed by atoms with Gasteiger partial charge in [-0.25, -0.2) is 12.8 Å². The van der Waals surface area contributed by atoms with Crippen molar-refractivity contribution in [1.29, 1.82) is 0 Å². The van der Waals surface area contributed by atoms with Crippen LogP contribution in [0.15, 0.2) is 32.1 Å². The number of hydrogen-bond acceptors (Lipinski definition) is 4. The van der Waals surface area contributed by atoms with Gasteiger partial charge < -0.3 is 4.52 Å². The van der Waals surface area contributed by atoms with E-state index >= 15 is 0 Å². The van der Waals surface area contributed by atoms with E-state index in [9.17, 15) is 12.8 Å². The largest absolute Gasteiger partial charge is 0.360 e. The first-order valence-corrected chi connectivity index (χ1v) is 7.49. The van der Waals surface area contributed by atoms with Crippen molar-refractivity contribution in [2.24, 2.45) is 0 Å². The van der Waals surface area contributed by atoms with E-state index in [2.05, 4.69) is 25.8 Å². The van der Waals surface area contributed by atoms with Crippen molar-refractivity contribution in [3.8, 4) is 0 Å². The molecule has 0 fully saturated rings. The van der Waals surface area contributed by atoms with Gasteiger partial charge in [0.1, 0.15) is 11.5 Å². The maximum Gasteiger partial charge on any atom is 0.267 e. The molecule has 5 nitrogen and oxygen atoms in total. The summed E-state index contributed by atoms with van der Waals surface area (Å²) in [6.45, 7) is 3.01. The third-order valence-electron chi connectivity index (χ3n) is 2.41. The first-order chi connectivity index (χ1) is 8.81. The minimum atomic E-state index is -3.87. The molecular formula is C11H10BrFN2O3S. The van der Waals surface area contributed by atoms with E-state index in [1.54, 1.807) is 0 Å². The molecule has 1 aromatic heterocycles. The molecule has 0 saturated carbocycles. The van der Waals surface area contributed by atoms with Crippen molar-refractivity contribution < 1.29 is 17.3 Å². The molecule has 2 aromatic rings. The molecule has 8 heteroatoms. The number of sulfonamides is 1. The van der Waals surface area contributed by atoms with E-state index in [0.717, 1.165) is 6.07 Å². The molecule has 1 aromatic carbocycles. The molecule has 0 spiro atoms. The summed E-state index contributed by atoms with van der Waals surface area (Å²) in [7, 11) is -3.87. The van der Waals surface area contributed by atoms with Crippen molar-refractivity contribution in [1.82, 2.24) is 5.16 Å². The van der Waals surface area contributed by atoms with Gasteiger partial charge in [0.05, 0.1) is 5.69 Å². The number of nitrogens with one attached hydrogen (secondary N) is 1. The van der Waals surface area contributed by atoms with Crippen molar-refractivity contribution in [2.45, 2.75) is 18.7 Å². The van der Waals surface area contributed by atoms with Crippen molar-refractivity contribution in [3.05, 3.63) is 39.9 Å². The Labute approximate surface area is 118 Å². The molecule has 1 heterocycles. The normalized spacial score (nSPS) is 11.6. The van der Waals surface area contributed by atoms with Crippen LogP contribution in [0.3, 0.4) is 0 Å². The van der Waals surface area contributed by atoms with Crippen molar-refractivity contribution in [2.75, 3.05) is 4.72 Å². The zero-order chi connectivity index (χ0) is 14.2. The molecule has 0 atom stereocenters. The van der Waals surface area contributed by atoms with Gasteiger partial charge in [0.25, 0.3) is 10.0 Å². The number of aromatic nitrogens is 1. The molecule has 2 rings (SSSR count). The lowest BCUT2D eigenvalue weighted by atomic mass is 10.3. The molecular weight excluding hydrogens is 339 g/mol. The first kappa shape index (κ1) is 14.0. The van der Waals surface area contributed by atoms with E-state index in [1.807, 2.05) is 0 Å². The first-order valence-electron chi connectivity index (χ1n) is 5.22. The Bertz CT molecular complexity index is 708. The zero-order valence-corrected chi connectivity index (χ0v) is 12.5. The number of rotatable bonds is 3. The summed E-state index contributed by atoms with van der Waals surface area (Å²) < 4.78 is 45.1. The van der Waals surface area contributed by atoms with Gasteiger partial charge in [-0.3, -0.25) is 4.72 Å². The lowest BCUT2D eigenvalue weighted by Crippen LogP contribution is -2.15. The van der Waals surface area contributed by atoms with Gasteiger partial charge in [0, 0.05) is 4.47 Å². The molecule has 0 aliphatic rings. The van der Waals surface area contributed by atoms with Crippen LogP contribution in [0.5, 0.6) is 0 Å². The quantitative estimate of drug-likeness (QED) is 0.925. The fraction of sp³-hybridized carbons (Fsp3) is 0.182. The lowest BCUT2D eigenvalue weighted by molar-refractivity contribution is 0.390. The SMILES string of the molecule is Cc1noc(C)c1S(=O)(=O)Nc1cc(F)ccc1Br. The van der Waals surface area contributed by atoms with E-state index in [4.69, 9.17) is 4.52 Å². The Kier molecular flexibility index (Phi) is 3.64. The van der Waals surface area contributed by atoms with Crippen LogP contribution in [-0.2, 0) is 10.0 Å². The van der Waals surface area contributed by atoms with Crippen LogP contribution in [0.1, 0.15) is 11.5 Å². The third kappa shape index (κ3) is 2.79. The molecule has 19 heavy (non-hydrogen) atoms. The topological polar surface area (TPSA) is 72.2 Å². The minimum absolute atomic E-state index is 0.0383. The van der Waals surface area contributed by atoms with E-state index in [1.165, 1.54) is 26.0 Å². The Morgan fingerprint density at radius 3 is 2.63 bits per heavy atom. The van der Waals surface area contributed by atoms with Gasteiger partial charge in [-0.2, -0.15) is 0 Å². The van der Waals surface area contributed by atoms with Crippen molar-refractivity contribution >= 4 is 31.6 Å². The van der Waals surface area contributed by atoms with Gasteiger partial charge in [0.15, 0.2) is 10.7 Å². The highest BCUT2D eigenvalue weighted by Gasteiger charge is 2.24. The van der Waals surface area contributed by atoms with E-state index in [-0.39, 0.29) is 22.0 Å². The van der Waals surface area contributed by atoms with E-state index < -0.39 is 15.8 Å². The number of anilines is 1. The Hall–Kier alpha value is -1.41. The number of hydrogen-bond donors (Lipinski definition) is 1. The molecule has 102 valence electrons. The Balaban J connectivity index is 2.45.